The van der Waals surface area contributed by atoms with E-state index < -0.39 is 0 Å². The number of pyridine rings is 1. The molecule has 0 saturated carbocycles. The van der Waals surface area contributed by atoms with Gasteiger partial charge in [-0.2, -0.15) is 0 Å². The summed E-state index contributed by atoms with van der Waals surface area (Å²) in [4.78, 5) is 4.42. The third-order valence-corrected chi connectivity index (χ3v) is 2.94. The summed E-state index contributed by atoms with van der Waals surface area (Å²) < 4.78 is 0. The highest BCUT2D eigenvalue weighted by atomic mass is 14.7. The standard InChI is InChI=1S/C14H12N/c1-2-5-13-10-14-12(6-3-9-15-14)8-7-11(13)4-1/h1-6,9-10H,7-8H2. The molecule has 1 nitrogen and oxygen atoms in total. The van der Waals surface area contributed by atoms with Crippen LogP contribution in [-0.4, -0.2) is 4.98 Å². The van der Waals surface area contributed by atoms with Crippen molar-refractivity contribution in [1.82, 2.24) is 4.98 Å². The van der Waals surface area contributed by atoms with Crippen molar-refractivity contribution in [3.8, 4) is 0 Å². The lowest BCUT2D eigenvalue weighted by atomic mass is 10.0. The first-order valence-corrected chi connectivity index (χ1v) is 5.30. The second kappa shape index (κ2) is 3.50. The first-order valence-electron chi connectivity index (χ1n) is 5.30. The summed E-state index contributed by atoms with van der Waals surface area (Å²) in [6.45, 7) is 0. The Balaban J connectivity index is 2.10. The van der Waals surface area contributed by atoms with E-state index >= 15 is 0 Å². The van der Waals surface area contributed by atoms with E-state index in [1.165, 1.54) is 16.7 Å². The topological polar surface area (TPSA) is 12.9 Å². The Hall–Kier alpha value is -1.63. The molecule has 1 aliphatic carbocycles. The average Bonchev–Trinajstić information content (AvgIpc) is 2.48. The van der Waals surface area contributed by atoms with Gasteiger partial charge in [0, 0.05) is 12.6 Å². The second-order valence-electron chi connectivity index (χ2n) is 3.89. The zero-order chi connectivity index (χ0) is 10.1. The van der Waals surface area contributed by atoms with Crippen molar-refractivity contribution >= 4 is 0 Å². The molecular weight excluding hydrogens is 182 g/mol. The number of nitrogens with zero attached hydrogens (tertiary/aromatic N) is 1. The van der Waals surface area contributed by atoms with Crippen molar-refractivity contribution in [2.24, 2.45) is 0 Å². The maximum Gasteiger partial charge on any atom is 0.0520 e. The fourth-order valence-electron chi connectivity index (χ4n) is 2.11. The number of hydrogen-bond acceptors (Lipinski definition) is 1. The van der Waals surface area contributed by atoms with E-state index in [2.05, 4.69) is 41.7 Å². The van der Waals surface area contributed by atoms with Crippen LogP contribution in [0.5, 0.6) is 0 Å². The van der Waals surface area contributed by atoms with Gasteiger partial charge in [0.05, 0.1) is 5.69 Å². The van der Waals surface area contributed by atoms with E-state index in [0.29, 0.717) is 0 Å². The molecule has 73 valence electrons. The minimum absolute atomic E-state index is 1.09. The van der Waals surface area contributed by atoms with E-state index in [4.69, 9.17) is 0 Å². The lowest BCUT2D eigenvalue weighted by Crippen LogP contribution is -1.93. The van der Waals surface area contributed by atoms with E-state index in [9.17, 15) is 0 Å². The summed E-state index contributed by atoms with van der Waals surface area (Å²) >= 11 is 0. The van der Waals surface area contributed by atoms with Gasteiger partial charge in [-0.3, -0.25) is 4.98 Å². The molecule has 0 fully saturated rings. The lowest BCUT2D eigenvalue weighted by molar-refractivity contribution is 0.955. The third-order valence-electron chi connectivity index (χ3n) is 2.94. The molecule has 0 unspecified atom stereocenters. The molecule has 1 heterocycles. The lowest BCUT2D eigenvalue weighted by Gasteiger charge is -2.03. The summed E-state index contributed by atoms with van der Waals surface area (Å²) in [5, 5.41) is 0. The first kappa shape index (κ1) is 8.66. The Morgan fingerprint density at radius 2 is 1.67 bits per heavy atom. The maximum absolute atomic E-state index is 4.42. The van der Waals surface area contributed by atoms with Crippen molar-refractivity contribution in [2.75, 3.05) is 0 Å². The molecule has 15 heavy (non-hydrogen) atoms. The Morgan fingerprint density at radius 1 is 0.867 bits per heavy atom. The van der Waals surface area contributed by atoms with Crippen molar-refractivity contribution in [2.45, 2.75) is 12.8 Å². The molecule has 1 aromatic heterocycles. The highest BCUT2D eigenvalue weighted by Crippen LogP contribution is 2.23. The van der Waals surface area contributed by atoms with Crippen LogP contribution in [0.3, 0.4) is 0 Å². The van der Waals surface area contributed by atoms with Gasteiger partial charge in [0.1, 0.15) is 0 Å². The van der Waals surface area contributed by atoms with E-state index in [0.717, 1.165) is 18.5 Å². The molecule has 0 amide bonds. The maximum atomic E-state index is 4.42. The van der Waals surface area contributed by atoms with Crippen LogP contribution in [0.4, 0.5) is 0 Å². The monoisotopic (exact) mass is 194 g/mol. The molecule has 0 aliphatic heterocycles. The molecule has 0 saturated heterocycles. The van der Waals surface area contributed by atoms with Crippen molar-refractivity contribution in [1.29, 1.82) is 0 Å². The minimum atomic E-state index is 1.09. The third kappa shape index (κ3) is 1.54. The Labute approximate surface area is 89.8 Å². The number of aromatic nitrogens is 1. The molecule has 0 N–H and O–H groups in total. The molecule has 0 atom stereocenters. The van der Waals surface area contributed by atoms with Gasteiger partial charge in [0.15, 0.2) is 0 Å². The average molecular weight is 194 g/mol. The predicted molar refractivity (Wildman–Crippen MR) is 60.6 cm³/mol. The summed E-state index contributed by atoms with van der Waals surface area (Å²) in [7, 11) is 0. The molecule has 3 rings (SSSR count). The number of benzene rings is 1. The Kier molecular flexibility index (Phi) is 2.02. The number of rotatable bonds is 0. The second-order valence-corrected chi connectivity index (χ2v) is 3.89. The molecule has 1 heteroatoms. The zero-order valence-electron chi connectivity index (χ0n) is 8.48. The van der Waals surface area contributed by atoms with E-state index in [1.807, 2.05) is 12.3 Å². The number of aryl methyl sites for hydroxylation is 2. The van der Waals surface area contributed by atoms with Crippen LogP contribution in [0.1, 0.15) is 22.4 Å². The fourth-order valence-corrected chi connectivity index (χ4v) is 2.11. The van der Waals surface area contributed by atoms with Gasteiger partial charge in [-0.05, 0) is 35.6 Å². The quantitative estimate of drug-likeness (QED) is 0.628. The van der Waals surface area contributed by atoms with Crippen LogP contribution < -0.4 is 0 Å². The largest absolute Gasteiger partial charge is 0.260 e. The van der Waals surface area contributed by atoms with Crippen molar-refractivity contribution < 1.29 is 0 Å². The van der Waals surface area contributed by atoms with Gasteiger partial charge in [-0.1, -0.05) is 30.3 Å². The highest BCUT2D eigenvalue weighted by Gasteiger charge is 2.12. The summed E-state index contributed by atoms with van der Waals surface area (Å²) in [5.41, 5.74) is 5.22. The van der Waals surface area contributed by atoms with Gasteiger partial charge in [-0.15, -0.1) is 0 Å². The van der Waals surface area contributed by atoms with Crippen LogP contribution in [0.15, 0.2) is 42.6 Å². The molecule has 0 spiro atoms. The van der Waals surface area contributed by atoms with Gasteiger partial charge >= 0.3 is 0 Å². The van der Waals surface area contributed by atoms with Crippen LogP contribution in [0, 0.1) is 6.42 Å². The van der Waals surface area contributed by atoms with Crippen LogP contribution in [0.25, 0.3) is 0 Å². The van der Waals surface area contributed by atoms with Gasteiger partial charge in [0.25, 0.3) is 0 Å². The molecule has 1 radical (unpaired) electrons. The molecule has 0 bridgehead atoms. The number of fused-ring (bicyclic) bond motifs is 2. The van der Waals surface area contributed by atoms with Crippen LogP contribution in [-0.2, 0) is 12.8 Å². The predicted octanol–water partition coefficient (Wildman–Crippen LogP) is 2.78. The molecular formula is C14H12N. The first-order chi connectivity index (χ1) is 7.43. The van der Waals surface area contributed by atoms with Crippen molar-refractivity contribution in [3.63, 3.8) is 0 Å². The smallest absolute Gasteiger partial charge is 0.0520 e. The fraction of sp³-hybridized carbons (Fsp3) is 0.143. The molecule has 1 aliphatic rings. The number of hydrogen-bond donors (Lipinski definition) is 0. The molecule has 1 aromatic carbocycles. The van der Waals surface area contributed by atoms with Gasteiger partial charge in [-0.25, -0.2) is 0 Å². The normalized spacial score (nSPS) is 13.9. The van der Waals surface area contributed by atoms with Crippen LogP contribution >= 0.6 is 0 Å². The Bertz CT molecular complexity index is 443. The van der Waals surface area contributed by atoms with Crippen molar-refractivity contribution in [3.05, 3.63) is 71.4 Å². The summed E-state index contributed by atoms with van der Waals surface area (Å²) in [6.07, 6.45) is 6.27. The molecule has 2 aromatic rings. The van der Waals surface area contributed by atoms with E-state index in [-0.39, 0.29) is 0 Å². The Morgan fingerprint density at radius 3 is 2.67 bits per heavy atom. The summed E-state index contributed by atoms with van der Waals surface area (Å²) in [5.74, 6) is 0. The SMILES string of the molecule is [CH]1c2ccccc2CCc2cccnc21. The van der Waals surface area contributed by atoms with E-state index in [1.54, 1.807) is 0 Å². The zero-order valence-corrected chi connectivity index (χ0v) is 8.48. The highest BCUT2D eigenvalue weighted by molar-refractivity contribution is 5.45. The van der Waals surface area contributed by atoms with Gasteiger partial charge in [0.2, 0.25) is 0 Å². The van der Waals surface area contributed by atoms with Gasteiger partial charge < -0.3 is 0 Å². The minimum Gasteiger partial charge on any atom is -0.260 e. The van der Waals surface area contributed by atoms with Crippen LogP contribution in [0.2, 0.25) is 0 Å². The summed E-state index contributed by atoms with van der Waals surface area (Å²) in [6, 6.07) is 12.8.